The van der Waals surface area contributed by atoms with Gasteiger partial charge >= 0.3 is 0 Å². The molecule has 1 saturated carbocycles. The molecule has 2 aromatic rings. The fourth-order valence-electron chi connectivity index (χ4n) is 2.55. The Labute approximate surface area is 120 Å². The smallest absolute Gasteiger partial charge is 0.146 e. The van der Waals surface area contributed by atoms with Crippen molar-refractivity contribution in [2.45, 2.75) is 32.3 Å². The molecule has 2 heteroatoms. The van der Waals surface area contributed by atoms with Crippen LogP contribution >= 0.6 is 0 Å². The van der Waals surface area contributed by atoms with E-state index < -0.39 is 0 Å². The van der Waals surface area contributed by atoms with Gasteiger partial charge in [-0.05, 0) is 48.4 Å². The maximum atomic E-state index is 6.16. The molecule has 0 aromatic heterocycles. The SMILES string of the molecule is CNc1cccc(C2CC2)c1OCc1ccccc1C. The summed E-state index contributed by atoms with van der Waals surface area (Å²) >= 11 is 0. The highest BCUT2D eigenvalue weighted by Crippen LogP contribution is 2.46. The minimum Gasteiger partial charge on any atom is -0.486 e. The predicted octanol–water partition coefficient (Wildman–Crippen LogP) is 4.49. The lowest BCUT2D eigenvalue weighted by Crippen LogP contribution is -2.03. The molecule has 1 aliphatic rings. The molecule has 0 atom stereocenters. The molecular formula is C18H21NO. The Morgan fingerprint density at radius 1 is 1.10 bits per heavy atom. The summed E-state index contributed by atoms with van der Waals surface area (Å²) in [5.41, 5.74) is 4.97. The summed E-state index contributed by atoms with van der Waals surface area (Å²) in [6.07, 6.45) is 2.57. The second kappa shape index (κ2) is 5.58. The van der Waals surface area contributed by atoms with Crippen molar-refractivity contribution in [1.82, 2.24) is 0 Å². The third-order valence-electron chi connectivity index (χ3n) is 3.97. The molecule has 20 heavy (non-hydrogen) atoms. The number of ether oxygens (including phenoxy) is 1. The third kappa shape index (κ3) is 2.64. The fourth-order valence-corrected chi connectivity index (χ4v) is 2.55. The standard InChI is InChI=1S/C18H21NO/c1-13-6-3-4-7-15(13)12-20-18-16(14-10-11-14)8-5-9-17(18)19-2/h3-9,14,19H,10-12H2,1-2H3. The second-order valence-electron chi connectivity index (χ2n) is 5.46. The van der Waals surface area contributed by atoms with E-state index in [0.717, 1.165) is 11.4 Å². The average molecular weight is 267 g/mol. The van der Waals surface area contributed by atoms with Gasteiger partial charge in [-0.25, -0.2) is 0 Å². The van der Waals surface area contributed by atoms with Crippen LogP contribution in [0.2, 0.25) is 0 Å². The van der Waals surface area contributed by atoms with Crippen molar-refractivity contribution < 1.29 is 4.74 Å². The van der Waals surface area contributed by atoms with Gasteiger partial charge in [0.05, 0.1) is 5.69 Å². The zero-order valence-electron chi connectivity index (χ0n) is 12.1. The van der Waals surface area contributed by atoms with E-state index in [1.807, 2.05) is 7.05 Å². The Balaban J connectivity index is 1.84. The molecule has 1 N–H and O–H groups in total. The molecule has 0 bridgehead atoms. The molecule has 1 aliphatic carbocycles. The van der Waals surface area contributed by atoms with Gasteiger partial charge in [-0.3, -0.25) is 0 Å². The summed E-state index contributed by atoms with van der Waals surface area (Å²) in [6, 6.07) is 14.8. The first kappa shape index (κ1) is 13.0. The van der Waals surface area contributed by atoms with E-state index in [0.29, 0.717) is 12.5 Å². The van der Waals surface area contributed by atoms with Gasteiger partial charge in [-0.1, -0.05) is 36.4 Å². The van der Waals surface area contributed by atoms with E-state index in [1.54, 1.807) is 0 Å². The number of benzene rings is 2. The molecule has 0 saturated heterocycles. The van der Waals surface area contributed by atoms with Crippen molar-refractivity contribution >= 4 is 5.69 Å². The van der Waals surface area contributed by atoms with Gasteiger partial charge in [0.1, 0.15) is 12.4 Å². The van der Waals surface area contributed by atoms with Crippen LogP contribution in [0.4, 0.5) is 5.69 Å². The lowest BCUT2D eigenvalue weighted by molar-refractivity contribution is 0.304. The summed E-state index contributed by atoms with van der Waals surface area (Å²) in [5, 5.41) is 3.24. The quantitative estimate of drug-likeness (QED) is 0.861. The van der Waals surface area contributed by atoms with Crippen LogP contribution in [-0.4, -0.2) is 7.05 Å². The van der Waals surface area contributed by atoms with Crippen LogP contribution in [0, 0.1) is 6.92 Å². The summed E-state index contributed by atoms with van der Waals surface area (Å²) in [6.45, 7) is 2.76. The van der Waals surface area contributed by atoms with Crippen LogP contribution in [0.5, 0.6) is 5.75 Å². The second-order valence-corrected chi connectivity index (χ2v) is 5.46. The molecule has 1 fully saturated rings. The Bertz CT molecular complexity index is 602. The molecule has 0 radical (unpaired) electrons. The Hall–Kier alpha value is -1.96. The van der Waals surface area contributed by atoms with Crippen LogP contribution < -0.4 is 10.1 Å². The van der Waals surface area contributed by atoms with E-state index >= 15 is 0 Å². The number of hydrogen-bond donors (Lipinski definition) is 1. The number of hydrogen-bond acceptors (Lipinski definition) is 2. The Morgan fingerprint density at radius 2 is 1.90 bits per heavy atom. The zero-order chi connectivity index (χ0) is 13.9. The molecule has 0 amide bonds. The van der Waals surface area contributed by atoms with E-state index in [-0.39, 0.29) is 0 Å². The van der Waals surface area contributed by atoms with Crippen LogP contribution in [0.1, 0.15) is 35.4 Å². The molecule has 2 aromatic carbocycles. The Kier molecular flexibility index (Phi) is 3.64. The number of para-hydroxylation sites is 1. The normalized spacial score (nSPS) is 14.1. The Morgan fingerprint density at radius 3 is 2.60 bits per heavy atom. The first-order valence-corrected chi connectivity index (χ1v) is 7.27. The summed E-state index contributed by atoms with van der Waals surface area (Å²) in [4.78, 5) is 0. The maximum absolute atomic E-state index is 6.16. The van der Waals surface area contributed by atoms with Crippen molar-refractivity contribution in [3.05, 3.63) is 59.2 Å². The monoisotopic (exact) mass is 267 g/mol. The lowest BCUT2D eigenvalue weighted by Gasteiger charge is -2.16. The van der Waals surface area contributed by atoms with Crippen LogP contribution in [-0.2, 0) is 6.61 Å². The highest BCUT2D eigenvalue weighted by atomic mass is 16.5. The molecular weight excluding hydrogens is 246 g/mol. The third-order valence-corrected chi connectivity index (χ3v) is 3.97. The lowest BCUT2D eigenvalue weighted by atomic mass is 10.1. The number of anilines is 1. The van der Waals surface area contributed by atoms with Gasteiger partial charge in [0.15, 0.2) is 0 Å². The molecule has 2 nitrogen and oxygen atoms in total. The van der Waals surface area contributed by atoms with Crippen molar-refractivity contribution in [3.63, 3.8) is 0 Å². The number of aryl methyl sites for hydroxylation is 1. The number of nitrogens with one attached hydrogen (secondary N) is 1. The van der Waals surface area contributed by atoms with Gasteiger partial charge in [-0.2, -0.15) is 0 Å². The van der Waals surface area contributed by atoms with Crippen molar-refractivity contribution in [2.24, 2.45) is 0 Å². The van der Waals surface area contributed by atoms with Gasteiger partial charge in [0.2, 0.25) is 0 Å². The van der Waals surface area contributed by atoms with Crippen molar-refractivity contribution in [3.8, 4) is 5.75 Å². The average Bonchev–Trinajstić information content (AvgIpc) is 3.30. The predicted molar refractivity (Wildman–Crippen MR) is 83.5 cm³/mol. The van der Waals surface area contributed by atoms with Crippen molar-refractivity contribution in [2.75, 3.05) is 12.4 Å². The zero-order valence-corrected chi connectivity index (χ0v) is 12.1. The minimum absolute atomic E-state index is 0.630. The maximum Gasteiger partial charge on any atom is 0.146 e. The van der Waals surface area contributed by atoms with Crippen LogP contribution in [0.3, 0.4) is 0 Å². The van der Waals surface area contributed by atoms with E-state index in [2.05, 4.69) is 54.7 Å². The summed E-state index contributed by atoms with van der Waals surface area (Å²) in [7, 11) is 1.95. The summed E-state index contributed by atoms with van der Waals surface area (Å²) < 4.78 is 6.16. The first-order valence-electron chi connectivity index (χ1n) is 7.27. The van der Waals surface area contributed by atoms with Crippen molar-refractivity contribution in [1.29, 1.82) is 0 Å². The molecule has 0 heterocycles. The molecule has 0 aliphatic heterocycles. The largest absolute Gasteiger partial charge is 0.486 e. The first-order chi connectivity index (χ1) is 9.79. The van der Waals surface area contributed by atoms with Gasteiger partial charge in [0, 0.05) is 7.05 Å². The number of rotatable bonds is 5. The van der Waals surface area contributed by atoms with Gasteiger partial charge in [0.25, 0.3) is 0 Å². The topological polar surface area (TPSA) is 21.3 Å². The van der Waals surface area contributed by atoms with Gasteiger partial charge < -0.3 is 10.1 Å². The molecule has 0 unspecified atom stereocenters. The highest BCUT2D eigenvalue weighted by Gasteiger charge is 2.27. The molecule has 3 rings (SSSR count). The van der Waals surface area contributed by atoms with E-state index in [1.165, 1.54) is 29.5 Å². The minimum atomic E-state index is 0.630. The van der Waals surface area contributed by atoms with E-state index in [4.69, 9.17) is 4.74 Å². The summed E-state index contributed by atoms with van der Waals surface area (Å²) in [5.74, 6) is 1.72. The van der Waals surface area contributed by atoms with Crippen LogP contribution in [0.15, 0.2) is 42.5 Å². The van der Waals surface area contributed by atoms with Crippen LogP contribution in [0.25, 0.3) is 0 Å². The van der Waals surface area contributed by atoms with E-state index in [9.17, 15) is 0 Å². The molecule has 104 valence electrons. The fraction of sp³-hybridized carbons (Fsp3) is 0.333. The highest BCUT2D eigenvalue weighted by molar-refractivity contribution is 5.61. The van der Waals surface area contributed by atoms with Gasteiger partial charge in [-0.15, -0.1) is 0 Å². The molecule has 0 spiro atoms.